The number of hydrogen-bond donors (Lipinski definition) is 1. The van der Waals surface area contributed by atoms with Gasteiger partial charge in [0, 0.05) is 12.6 Å². The number of rotatable bonds is 3. The zero-order valence-corrected chi connectivity index (χ0v) is 9.69. The van der Waals surface area contributed by atoms with Crippen molar-refractivity contribution < 1.29 is 0 Å². The maximum absolute atomic E-state index is 3.58. The largest absolute Gasteiger partial charge is 0.314 e. The Kier molecular flexibility index (Phi) is 3.78. The summed E-state index contributed by atoms with van der Waals surface area (Å²) in [5, 5.41) is 3.58. The minimum atomic E-state index is 0.571. The van der Waals surface area contributed by atoms with Crippen LogP contribution < -0.4 is 5.32 Å². The van der Waals surface area contributed by atoms with E-state index in [1.165, 1.54) is 32.2 Å². The van der Waals surface area contributed by atoms with Gasteiger partial charge in [-0.15, -0.1) is 0 Å². The Labute approximate surface area is 83.3 Å². The maximum atomic E-state index is 3.58. The van der Waals surface area contributed by atoms with Gasteiger partial charge in [-0.05, 0) is 24.2 Å². The lowest BCUT2D eigenvalue weighted by Gasteiger charge is -2.37. The highest BCUT2D eigenvalue weighted by molar-refractivity contribution is 4.83. The highest BCUT2D eigenvalue weighted by Gasteiger charge is 2.29. The predicted octanol–water partition coefficient (Wildman–Crippen LogP) is 3.20. The Morgan fingerprint density at radius 1 is 1.46 bits per heavy atom. The summed E-state index contributed by atoms with van der Waals surface area (Å²) in [6, 6.07) is 0.633. The lowest BCUT2D eigenvalue weighted by molar-refractivity contribution is 0.160. The van der Waals surface area contributed by atoms with Gasteiger partial charge in [-0.3, -0.25) is 0 Å². The molecule has 1 heteroatoms. The van der Waals surface area contributed by atoms with Crippen LogP contribution in [-0.4, -0.2) is 12.6 Å². The Bertz CT molecular complexity index is 153. The molecule has 0 heterocycles. The van der Waals surface area contributed by atoms with Gasteiger partial charge in [-0.25, -0.2) is 0 Å². The van der Waals surface area contributed by atoms with Crippen LogP contribution in [0.3, 0.4) is 0 Å². The summed E-state index contributed by atoms with van der Waals surface area (Å²) in [5.74, 6) is 0.938. The van der Waals surface area contributed by atoms with Crippen molar-refractivity contribution in [2.45, 2.75) is 59.4 Å². The van der Waals surface area contributed by atoms with Crippen molar-refractivity contribution in [1.29, 1.82) is 0 Å². The minimum Gasteiger partial charge on any atom is -0.314 e. The molecule has 1 rings (SSSR count). The number of nitrogens with one attached hydrogen (secondary N) is 1. The van der Waals surface area contributed by atoms with Gasteiger partial charge in [-0.2, -0.15) is 0 Å². The van der Waals surface area contributed by atoms with E-state index in [-0.39, 0.29) is 0 Å². The highest BCUT2D eigenvalue weighted by atomic mass is 14.9. The van der Waals surface area contributed by atoms with Crippen LogP contribution in [0.4, 0.5) is 0 Å². The van der Waals surface area contributed by atoms with Gasteiger partial charge in [0.25, 0.3) is 0 Å². The van der Waals surface area contributed by atoms with E-state index in [4.69, 9.17) is 0 Å². The van der Waals surface area contributed by atoms with E-state index >= 15 is 0 Å². The Hall–Kier alpha value is -0.0400. The van der Waals surface area contributed by atoms with Gasteiger partial charge in [-0.1, -0.05) is 40.5 Å². The summed E-state index contributed by atoms with van der Waals surface area (Å²) in [7, 11) is 0. The van der Waals surface area contributed by atoms with Crippen molar-refractivity contribution in [2.24, 2.45) is 11.3 Å². The zero-order chi connectivity index (χ0) is 9.90. The third-order valence-electron chi connectivity index (χ3n) is 3.26. The van der Waals surface area contributed by atoms with Crippen LogP contribution in [-0.2, 0) is 0 Å². The van der Waals surface area contributed by atoms with Crippen molar-refractivity contribution in [3.63, 3.8) is 0 Å². The van der Waals surface area contributed by atoms with Gasteiger partial charge in [0.15, 0.2) is 0 Å². The molecule has 0 aromatic carbocycles. The molecule has 0 radical (unpaired) electrons. The predicted molar refractivity (Wildman–Crippen MR) is 58.9 cm³/mol. The van der Waals surface area contributed by atoms with Crippen LogP contribution in [0.2, 0.25) is 0 Å². The van der Waals surface area contributed by atoms with Crippen molar-refractivity contribution in [2.75, 3.05) is 6.54 Å². The van der Waals surface area contributed by atoms with Crippen molar-refractivity contribution in [1.82, 2.24) is 5.32 Å². The maximum Gasteiger partial charge on any atom is 0.00106 e. The van der Waals surface area contributed by atoms with Crippen LogP contribution >= 0.6 is 0 Å². The lowest BCUT2D eigenvalue weighted by Crippen LogP contribution is -2.38. The van der Waals surface area contributed by atoms with Crippen LogP contribution in [0.15, 0.2) is 0 Å². The highest BCUT2D eigenvalue weighted by Crippen LogP contribution is 2.38. The molecule has 1 fully saturated rings. The smallest absolute Gasteiger partial charge is 0.00106 e. The van der Waals surface area contributed by atoms with Crippen LogP contribution in [0.25, 0.3) is 0 Å². The third-order valence-corrected chi connectivity index (χ3v) is 3.26. The van der Waals surface area contributed by atoms with E-state index in [1.807, 2.05) is 0 Å². The first-order chi connectivity index (χ1) is 6.02. The molecule has 1 aliphatic rings. The summed E-state index contributed by atoms with van der Waals surface area (Å²) in [4.78, 5) is 0. The van der Waals surface area contributed by atoms with E-state index in [2.05, 4.69) is 33.0 Å². The molecule has 0 aromatic heterocycles. The Balaban J connectivity index is 2.35. The number of hydrogen-bond acceptors (Lipinski definition) is 1. The second kappa shape index (κ2) is 4.45. The van der Waals surface area contributed by atoms with Gasteiger partial charge in [0.1, 0.15) is 0 Å². The second-order valence-corrected chi connectivity index (χ2v) is 5.55. The van der Waals surface area contributed by atoms with Crippen LogP contribution in [0.5, 0.6) is 0 Å². The van der Waals surface area contributed by atoms with Gasteiger partial charge in [0.05, 0.1) is 0 Å². The van der Waals surface area contributed by atoms with Crippen molar-refractivity contribution >= 4 is 0 Å². The molecule has 13 heavy (non-hydrogen) atoms. The molecule has 2 unspecified atom stereocenters. The normalized spacial score (nSPS) is 35.3. The minimum absolute atomic E-state index is 0.571. The molecule has 78 valence electrons. The Morgan fingerprint density at radius 3 is 2.69 bits per heavy atom. The average Bonchev–Trinajstić information content (AvgIpc) is 2.01. The van der Waals surface area contributed by atoms with Crippen LogP contribution in [0, 0.1) is 11.3 Å². The summed E-state index contributed by atoms with van der Waals surface area (Å²) < 4.78 is 0. The summed E-state index contributed by atoms with van der Waals surface area (Å²) in [5.41, 5.74) is 0.571. The van der Waals surface area contributed by atoms with Crippen molar-refractivity contribution in [3.05, 3.63) is 0 Å². The molecule has 0 amide bonds. The monoisotopic (exact) mass is 183 g/mol. The van der Waals surface area contributed by atoms with Gasteiger partial charge >= 0.3 is 0 Å². The molecule has 1 aliphatic carbocycles. The van der Waals surface area contributed by atoms with E-state index in [9.17, 15) is 0 Å². The first kappa shape index (κ1) is 11.0. The molecular formula is C12H25N. The third kappa shape index (κ3) is 3.68. The standard InChI is InChI=1S/C12H25N/c1-10(2)13-9-12(4)7-5-6-11(3)8-12/h10-11,13H,5-9H2,1-4H3. The first-order valence-electron chi connectivity index (χ1n) is 5.75. The average molecular weight is 183 g/mol. The fraction of sp³-hybridized carbons (Fsp3) is 1.00. The molecule has 0 spiro atoms. The van der Waals surface area contributed by atoms with Gasteiger partial charge < -0.3 is 5.32 Å². The van der Waals surface area contributed by atoms with E-state index in [1.54, 1.807) is 0 Å². The molecule has 0 saturated heterocycles. The first-order valence-corrected chi connectivity index (χ1v) is 5.75. The second-order valence-electron chi connectivity index (χ2n) is 5.55. The molecule has 0 bridgehead atoms. The topological polar surface area (TPSA) is 12.0 Å². The quantitative estimate of drug-likeness (QED) is 0.708. The summed E-state index contributed by atoms with van der Waals surface area (Å²) in [6.45, 7) is 10.5. The van der Waals surface area contributed by atoms with Crippen LogP contribution in [0.1, 0.15) is 53.4 Å². The molecule has 1 nitrogen and oxygen atoms in total. The summed E-state index contributed by atoms with van der Waals surface area (Å²) in [6.07, 6.45) is 5.69. The lowest BCUT2D eigenvalue weighted by atomic mass is 9.71. The van der Waals surface area contributed by atoms with E-state index < -0.39 is 0 Å². The molecular weight excluding hydrogens is 158 g/mol. The fourth-order valence-electron chi connectivity index (χ4n) is 2.53. The molecule has 0 aromatic rings. The SMILES string of the molecule is CC1CCCC(C)(CNC(C)C)C1. The van der Waals surface area contributed by atoms with Gasteiger partial charge in [0.2, 0.25) is 0 Å². The molecule has 1 saturated carbocycles. The fourth-order valence-corrected chi connectivity index (χ4v) is 2.53. The molecule has 2 atom stereocenters. The summed E-state index contributed by atoms with van der Waals surface area (Å²) >= 11 is 0. The Morgan fingerprint density at radius 2 is 2.15 bits per heavy atom. The van der Waals surface area contributed by atoms with Crippen molar-refractivity contribution in [3.8, 4) is 0 Å². The molecule has 1 N–H and O–H groups in total. The zero-order valence-electron chi connectivity index (χ0n) is 9.69. The van der Waals surface area contributed by atoms with E-state index in [0.29, 0.717) is 11.5 Å². The van der Waals surface area contributed by atoms with E-state index in [0.717, 1.165) is 5.92 Å². The molecule has 0 aliphatic heterocycles.